The zero-order valence-electron chi connectivity index (χ0n) is 13.4. The number of nitrogens with one attached hydrogen (secondary N) is 2. The monoisotopic (exact) mass is 351 g/mol. The van der Waals surface area contributed by atoms with Gasteiger partial charge in [-0.15, -0.1) is 24.8 Å². The molecule has 2 N–H and O–H groups in total. The van der Waals surface area contributed by atoms with Crippen LogP contribution in [0.4, 0.5) is 0 Å². The molecule has 0 unspecified atom stereocenters. The Morgan fingerprint density at radius 2 is 1.73 bits per heavy atom. The van der Waals surface area contributed by atoms with E-state index >= 15 is 0 Å². The third-order valence-corrected chi connectivity index (χ3v) is 5.20. The maximum Gasteiger partial charge on any atom is 0.234 e. The lowest BCUT2D eigenvalue weighted by atomic mass is 9.97. The van der Waals surface area contributed by atoms with Crippen LogP contribution in [0.2, 0.25) is 0 Å². The number of carbonyl (C=O) groups excluding carboxylic acids is 1. The van der Waals surface area contributed by atoms with Gasteiger partial charge >= 0.3 is 0 Å². The molecule has 4 aliphatic rings. The molecule has 3 saturated heterocycles. The average Bonchev–Trinajstić information content (AvgIpc) is 2.85. The van der Waals surface area contributed by atoms with Gasteiger partial charge in [-0.1, -0.05) is 25.7 Å². The summed E-state index contributed by atoms with van der Waals surface area (Å²) >= 11 is 0. The molecule has 1 saturated carbocycles. The van der Waals surface area contributed by atoms with Gasteiger partial charge in [-0.25, -0.2) is 0 Å². The zero-order chi connectivity index (χ0) is 13.8. The van der Waals surface area contributed by atoms with Gasteiger partial charge in [-0.2, -0.15) is 0 Å². The number of hydrogen-bond donors (Lipinski definition) is 2. The molecule has 3 aliphatic heterocycles. The first-order chi connectivity index (χ1) is 9.79. The fourth-order valence-corrected chi connectivity index (χ4v) is 4.07. The van der Waals surface area contributed by atoms with Gasteiger partial charge in [0.2, 0.25) is 5.91 Å². The molecule has 0 radical (unpaired) electrons. The molecule has 4 fully saturated rings. The van der Waals surface area contributed by atoms with Gasteiger partial charge in [0, 0.05) is 25.2 Å². The van der Waals surface area contributed by atoms with E-state index in [9.17, 15) is 4.79 Å². The summed E-state index contributed by atoms with van der Waals surface area (Å²) in [5, 5.41) is 6.88. The fraction of sp³-hybridized carbons (Fsp3) is 0.938. The van der Waals surface area contributed by atoms with Crippen molar-refractivity contribution in [1.29, 1.82) is 0 Å². The minimum Gasteiger partial charge on any atom is -0.352 e. The molecule has 0 spiro atoms. The second kappa shape index (κ2) is 9.96. The summed E-state index contributed by atoms with van der Waals surface area (Å²) in [7, 11) is 0. The molecule has 4 nitrogen and oxygen atoms in total. The first kappa shape index (κ1) is 20.0. The number of halogens is 2. The summed E-state index contributed by atoms with van der Waals surface area (Å²) in [6.07, 6.45) is 10.2. The Labute approximate surface area is 147 Å². The molecule has 2 atom stereocenters. The Kier molecular flexibility index (Phi) is 9.07. The lowest BCUT2D eigenvalue weighted by Crippen LogP contribution is -2.44. The van der Waals surface area contributed by atoms with E-state index in [1.807, 2.05) is 0 Å². The minimum atomic E-state index is 0. The third kappa shape index (κ3) is 5.88. The van der Waals surface area contributed by atoms with Crippen molar-refractivity contribution in [2.24, 2.45) is 5.92 Å². The molecular weight excluding hydrogens is 321 g/mol. The summed E-state index contributed by atoms with van der Waals surface area (Å²) in [4.78, 5) is 14.6. The highest BCUT2D eigenvalue weighted by Crippen LogP contribution is 2.21. The Hall–Kier alpha value is -0.0300. The van der Waals surface area contributed by atoms with Crippen LogP contribution in [0.25, 0.3) is 0 Å². The second-order valence-corrected chi connectivity index (χ2v) is 7.00. The van der Waals surface area contributed by atoms with E-state index in [2.05, 4.69) is 15.5 Å². The first-order valence-corrected chi connectivity index (χ1v) is 8.55. The Morgan fingerprint density at radius 3 is 2.36 bits per heavy atom. The number of amides is 1. The molecular formula is C16H31Cl2N3O. The number of hydrogen-bond acceptors (Lipinski definition) is 3. The lowest BCUT2D eigenvalue weighted by molar-refractivity contribution is -0.123. The lowest BCUT2D eigenvalue weighted by Gasteiger charge is -2.23. The Bertz CT molecular complexity index is 313. The standard InChI is InChI=1S/C16H29N3O.2ClH/c20-16(18-14-5-3-1-2-4-6-14)12-19-10-13-7-8-15(11-19)17-9-13;;/h13-15,17H,1-12H2,(H,18,20);2*1H/t13-,15-;;/m0../s1. The molecule has 3 heterocycles. The van der Waals surface area contributed by atoms with E-state index in [0.29, 0.717) is 18.6 Å². The zero-order valence-corrected chi connectivity index (χ0v) is 15.0. The van der Waals surface area contributed by atoms with Crippen LogP contribution in [0.5, 0.6) is 0 Å². The first-order valence-electron chi connectivity index (χ1n) is 8.55. The highest BCUT2D eigenvalue weighted by molar-refractivity contribution is 5.85. The number of piperidine rings is 1. The number of nitrogens with zero attached hydrogens (tertiary/aromatic N) is 1. The van der Waals surface area contributed by atoms with Crippen LogP contribution in [0, 0.1) is 5.92 Å². The van der Waals surface area contributed by atoms with Gasteiger partial charge in [-0.3, -0.25) is 9.69 Å². The molecule has 0 aromatic carbocycles. The SMILES string of the molecule is Cl.Cl.O=C(CN1C[C@H]2CC[C@@H](C1)NC2)NC1CCCCCC1. The number of carbonyl (C=O) groups is 1. The molecule has 1 amide bonds. The fourth-order valence-electron chi connectivity index (χ4n) is 4.07. The molecule has 0 aromatic heterocycles. The molecule has 2 bridgehead atoms. The van der Waals surface area contributed by atoms with E-state index in [0.717, 1.165) is 25.6 Å². The van der Waals surface area contributed by atoms with E-state index in [1.54, 1.807) is 0 Å². The van der Waals surface area contributed by atoms with Crippen LogP contribution < -0.4 is 10.6 Å². The molecule has 130 valence electrons. The van der Waals surface area contributed by atoms with Gasteiger partial charge in [0.05, 0.1) is 6.54 Å². The predicted octanol–water partition coefficient (Wildman–Crippen LogP) is 2.35. The van der Waals surface area contributed by atoms with Crippen LogP contribution in [-0.4, -0.2) is 49.1 Å². The maximum absolute atomic E-state index is 12.3. The van der Waals surface area contributed by atoms with Crippen molar-refractivity contribution in [2.75, 3.05) is 26.2 Å². The van der Waals surface area contributed by atoms with E-state index < -0.39 is 0 Å². The number of fused-ring (bicyclic) bond motifs is 4. The van der Waals surface area contributed by atoms with E-state index in [-0.39, 0.29) is 30.7 Å². The highest BCUT2D eigenvalue weighted by atomic mass is 35.5. The molecule has 6 heteroatoms. The van der Waals surface area contributed by atoms with E-state index in [4.69, 9.17) is 0 Å². The number of rotatable bonds is 3. The molecule has 4 rings (SSSR count). The Balaban J connectivity index is 0.00000121. The van der Waals surface area contributed by atoms with Crippen molar-refractivity contribution >= 4 is 30.7 Å². The minimum absolute atomic E-state index is 0. The summed E-state index contributed by atoms with van der Waals surface area (Å²) in [5.74, 6) is 0.998. The summed E-state index contributed by atoms with van der Waals surface area (Å²) in [6, 6.07) is 1.05. The van der Waals surface area contributed by atoms with Crippen LogP contribution >= 0.6 is 24.8 Å². The van der Waals surface area contributed by atoms with Crippen LogP contribution in [0.3, 0.4) is 0 Å². The molecule has 1 aliphatic carbocycles. The van der Waals surface area contributed by atoms with Gasteiger partial charge in [-0.05, 0) is 38.1 Å². The van der Waals surface area contributed by atoms with Crippen molar-refractivity contribution in [3.8, 4) is 0 Å². The van der Waals surface area contributed by atoms with Gasteiger partial charge in [0.1, 0.15) is 0 Å². The van der Waals surface area contributed by atoms with Crippen molar-refractivity contribution in [3.05, 3.63) is 0 Å². The quantitative estimate of drug-likeness (QED) is 0.767. The van der Waals surface area contributed by atoms with E-state index in [1.165, 1.54) is 51.4 Å². The van der Waals surface area contributed by atoms with Crippen LogP contribution in [-0.2, 0) is 4.79 Å². The molecule has 0 aromatic rings. The van der Waals surface area contributed by atoms with Gasteiger partial charge in [0.25, 0.3) is 0 Å². The maximum atomic E-state index is 12.3. The normalized spacial score (nSPS) is 29.6. The topological polar surface area (TPSA) is 44.4 Å². The van der Waals surface area contributed by atoms with Crippen molar-refractivity contribution in [3.63, 3.8) is 0 Å². The highest BCUT2D eigenvalue weighted by Gasteiger charge is 2.29. The average molecular weight is 352 g/mol. The third-order valence-electron chi connectivity index (χ3n) is 5.20. The Morgan fingerprint density at radius 1 is 1.00 bits per heavy atom. The van der Waals surface area contributed by atoms with Crippen molar-refractivity contribution in [2.45, 2.75) is 63.5 Å². The second-order valence-electron chi connectivity index (χ2n) is 7.00. The smallest absolute Gasteiger partial charge is 0.234 e. The predicted molar refractivity (Wildman–Crippen MR) is 95.1 cm³/mol. The summed E-state index contributed by atoms with van der Waals surface area (Å²) < 4.78 is 0. The van der Waals surface area contributed by atoms with Crippen LogP contribution in [0.15, 0.2) is 0 Å². The summed E-state index contributed by atoms with van der Waals surface area (Å²) in [5.41, 5.74) is 0. The van der Waals surface area contributed by atoms with Crippen LogP contribution in [0.1, 0.15) is 51.4 Å². The summed E-state index contributed by atoms with van der Waals surface area (Å²) in [6.45, 7) is 3.90. The van der Waals surface area contributed by atoms with Crippen molar-refractivity contribution in [1.82, 2.24) is 15.5 Å². The van der Waals surface area contributed by atoms with Gasteiger partial charge < -0.3 is 10.6 Å². The van der Waals surface area contributed by atoms with Crippen molar-refractivity contribution < 1.29 is 4.79 Å². The molecule has 22 heavy (non-hydrogen) atoms. The van der Waals surface area contributed by atoms with Gasteiger partial charge in [0.15, 0.2) is 0 Å². The largest absolute Gasteiger partial charge is 0.352 e.